The van der Waals surface area contributed by atoms with Crippen molar-refractivity contribution in [1.29, 1.82) is 0 Å². The Hall–Kier alpha value is -1.36. The van der Waals surface area contributed by atoms with Crippen molar-refractivity contribution in [2.45, 2.75) is 50.5 Å². The van der Waals surface area contributed by atoms with Crippen molar-refractivity contribution in [3.05, 3.63) is 11.8 Å². The number of Topliss-reactive ketones (excluding diaryl/α,β-unsaturated/α-hetero) is 1. The SMILES string of the molecule is Nc1[nH]ncc1C(=O)C1CCOC2(CCCCC2)C1. The molecule has 1 unspecified atom stereocenters. The summed E-state index contributed by atoms with van der Waals surface area (Å²) in [6.45, 7) is 0.689. The van der Waals surface area contributed by atoms with E-state index in [1.807, 2.05) is 0 Å². The lowest BCUT2D eigenvalue weighted by Crippen LogP contribution is -2.43. The maximum absolute atomic E-state index is 12.5. The fourth-order valence-electron chi connectivity index (χ4n) is 3.51. The number of nitrogens with two attached hydrogens (primary N) is 1. The van der Waals surface area contributed by atoms with Crippen LogP contribution >= 0.6 is 0 Å². The lowest BCUT2D eigenvalue weighted by Gasteiger charge is -2.43. The summed E-state index contributed by atoms with van der Waals surface area (Å²) in [5.41, 5.74) is 6.24. The van der Waals surface area contributed by atoms with Gasteiger partial charge in [0.25, 0.3) is 0 Å². The number of nitrogens with zero attached hydrogens (tertiary/aromatic N) is 1. The molecule has 1 aliphatic heterocycles. The lowest BCUT2D eigenvalue weighted by molar-refractivity contribution is -0.111. The van der Waals surface area contributed by atoms with Gasteiger partial charge in [-0.25, -0.2) is 0 Å². The molecule has 3 rings (SSSR count). The molecule has 0 amide bonds. The Balaban J connectivity index is 1.74. The number of hydrogen-bond donors (Lipinski definition) is 2. The van der Waals surface area contributed by atoms with E-state index in [4.69, 9.17) is 10.5 Å². The molecule has 5 nitrogen and oxygen atoms in total. The highest BCUT2D eigenvalue weighted by atomic mass is 16.5. The number of nitrogen functional groups attached to an aromatic ring is 1. The summed E-state index contributed by atoms with van der Waals surface area (Å²) in [4.78, 5) is 12.5. The van der Waals surface area contributed by atoms with Gasteiger partial charge in [-0.2, -0.15) is 5.10 Å². The summed E-state index contributed by atoms with van der Waals surface area (Å²) in [5, 5.41) is 6.47. The smallest absolute Gasteiger partial charge is 0.171 e. The van der Waals surface area contributed by atoms with Crippen LogP contribution in [-0.4, -0.2) is 28.2 Å². The first kappa shape index (κ1) is 12.7. The molecule has 2 heterocycles. The van der Waals surface area contributed by atoms with Crippen LogP contribution in [0.25, 0.3) is 0 Å². The van der Waals surface area contributed by atoms with Crippen molar-refractivity contribution in [1.82, 2.24) is 10.2 Å². The molecule has 0 bridgehead atoms. The molecule has 1 aromatic heterocycles. The summed E-state index contributed by atoms with van der Waals surface area (Å²) in [6.07, 6.45) is 9.10. The molecule has 0 aromatic carbocycles. The third-order valence-electron chi connectivity index (χ3n) is 4.56. The molecule has 0 radical (unpaired) electrons. The molecule has 2 aliphatic rings. The van der Waals surface area contributed by atoms with E-state index in [-0.39, 0.29) is 17.3 Å². The van der Waals surface area contributed by atoms with Crippen LogP contribution < -0.4 is 5.73 Å². The largest absolute Gasteiger partial charge is 0.383 e. The third kappa shape index (κ3) is 2.39. The number of aromatic nitrogens is 2. The molecule has 1 atom stereocenters. The highest BCUT2D eigenvalue weighted by Gasteiger charge is 2.41. The molecular formula is C14H21N3O2. The molecule has 1 spiro atoms. The number of H-pyrrole nitrogens is 1. The van der Waals surface area contributed by atoms with Crippen LogP contribution in [0.3, 0.4) is 0 Å². The van der Waals surface area contributed by atoms with Gasteiger partial charge in [-0.1, -0.05) is 19.3 Å². The van der Waals surface area contributed by atoms with Crippen LogP contribution in [0.2, 0.25) is 0 Å². The molecule has 104 valence electrons. The van der Waals surface area contributed by atoms with Gasteiger partial charge in [-0.3, -0.25) is 9.89 Å². The van der Waals surface area contributed by atoms with Gasteiger partial charge in [0.1, 0.15) is 5.82 Å². The Kier molecular flexibility index (Phi) is 3.31. The fourth-order valence-corrected chi connectivity index (χ4v) is 3.51. The number of carbonyl (C=O) groups is 1. The molecule has 1 aliphatic carbocycles. The quantitative estimate of drug-likeness (QED) is 0.802. The van der Waals surface area contributed by atoms with Crippen LogP contribution in [-0.2, 0) is 4.74 Å². The van der Waals surface area contributed by atoms with E-state index in [2.05, 4.69) is 10.2 Å². The lowest BCUT2D eigenvalue weighted by atomic mass is 9.74. The second kappa shape index (κ2) is 4.96. The Morgan fingerprint density at radius 2 is 2.21 bits per heavy atom. The first-order valence-electron chi connectivity index (χ1n) is 7.17. The van der Waals surface area contributed by atoms with Gasteiger partial charge in [0.05, 0.1) is 17.4 Å². The number of hydrogen-bond acceptors (Lipinski definition) is 4. The van der Waals surface area contributed by atoms with E-state index >= 15 is 0 Å². The Morgan fingerprint density at radius 1 is 1.42 bits per heavy atom. The molecule has 1 saturated heterocycles. The average Bonchev–Trinajstić information content (AvgIpc) is 2.85. The number of carbonyl (C=O) groups excluding carboxylic acids is 1. The summed E-state index contributed by atoms with van der Waals surface area (Å²) < 4.78 is 6.03. The molecular weight excluding hydrogens is 242 g/mol. The van der Waals surface area contributed by atoms with Gasteiger partial charge in [0.2, 0.25) is 0 Å². The van der Waals surface area contributed by atoms with E-state index in [1.165, 1.54) is 19.3 Å². The van der Waals surface area contributed by atoms with Crippen molar-refractivity contribution >= 4 is 11.6 Å². The number of nitrogens with one attached hydrogen (secondary N) is 1. The summed E-state index contributed by atoms with van der Waals surface area (Å²) in [6, 6.07) is 0. The first-order valence-corrected chi connectivity index (χ1v) is 7.17. The monoisotopic (exact) mass is 263 g/mol. The van der Waals surface area contributed by atoms with Crippen molar-refractivity contribution in [3.63, 3.8) is 0 Å². The number of ether oxygens (including phenoxy) is 1. The predicted octanol–water partition coefficient (Wildman–Crippen LogP) is 2.30. The second-order valence-electron chi connectivity index (χ2n) is 5.84. The molecule has 19 heavy (non-hydrogen) atoms. The molecule has 2 fully saturated rings. The van der Waals surface area contributed by atoms with E-state index in [0.717, 1.165) is 25.7 Å². The van der Waals surface area contributed by atoms with Crippen molar-refractivity contribution in [2.75, 3.05) is 12.3 Å². The molecule has 5 heteroatoms. The van der Waals surface area contributed by atoms with Gasteiger partial charge in [-0.15, -0.1) is 0 Å². The van der Waals surface area contributed by atoms with E-state index < -0.39 is 0 Å². The normalized spacial score (nSPS) is 26.4. The summed E-state index contributed by atoms with van der Waals surface area (Å²) >= 11 is 0. The summed E-state index contributed by atoms with van der Waals surface area (Å²) in [5.74, 6) is 0.542. The zero-order valence-electron chi connectivity index (χ0n) is 11.2. The Morgan fingerprint density at radius 3 is 2.89 bits per heavy atom. The zero-order chi connectivity index (χ0) is 13.3. The van der Waals surface area contributed by atoms with Crippen LogP contribution in [0.15, 0.2) is 6.20 Å². The van der Waals surface area contributed by atoms with Gasteiger partial charge in [0, 0.05) is 12.5 Å². The average molecular weight is 263 g/mol. The standard InChI is InChI=1S/C14H21N3O2/c15-13-11(9-16-17-13)12(18)10-4-7-19-14(8-10)5-2-1-3-6-14/h9-10H,1-8H2,(H3,15,16,17). The van der Waals surface area contributed by atoms with Gasteiger partial charge in [-0.05, 0) is 25.7 Å². The topological polar surface area (TPSA) is 81.0 Å². The minimum Gasteiger partial charge on any atom is -0.383 e. The van der Waals surface area contributed by atoms with Crippen molar-refractivity contribution < 1.29 is 9.53 Å². The maximum atomic E-state index is 12.5. The first-order chi connectivity index (χ1) is 9.20. The van der Waals surface area contributed by atoms with E-state index in [9.17, 15) is 4.79 Å². The Labute approximate surface area is 112 Å². The van der Waals surface area contributed by atoms with Gasteiger partial charge >= 0.3 is 0 Å². The van der Waals surface area contributed by atoms with E-state index in [1.54, 1.807) is 6.20 Å². The number of rotatable bonds is 2. The number of ketones is 1. The highest BCUT2D eigenvalue weighted by Crippen LogP contribution is 2.41. The number of aromatic amines is 1. The second-order valence-corrected chi connectivity index (χ2v) is 5.84. The van der Waals surface area contributed by atoms with Crippen LogP contribution in [0.4, 0.5) is 5.82 Å². The summed E-state index contributed by atoms with van der Waals surface area (Å²) in [7, 11) is 0. The van der Waals surface area contributed by atoms with Crippen LogP contribution in [0.1, 0.15) is 55.3 Å². The van der Waals surface area contributed by atoms with Crippen LogP contribution in [0, 0.1) is 5.92 Å². The highest BCUT2D eigenvalue weighted by molar-refractivity contribution is 6.01. The van der Waals surface area contributed by atoms with Crippen molar-refractivity contribution in [2.24, 2.45) is 5.92 Å². The van der Waals surface area contributed by atoms with Crippen LogP contribution in [0.5, 0.6) is 0 Å². The molecule has 3 N–H and O–H groups in total. The zero-order valence-corrected chi connectivity index (χ0v) is 11.2. The molecule has 1 saturated carbocycles. The minimum atomic E-state index is -0.0463. The maximum Gasteiger partial charge on any atom is 0.171 e. The fraction of sp³-hybridized carbons (Fsp3) is 0.714. The van der Waals surface area contributed by atoms with Gasteiger partial charge < -0.3 is 10.5 Å². The third-order valence-corrected chi connectivity index (χ3v) is 4.56. The molecule has 1 aromatic rings. The van der Waals surface area contributed by atoms with Gasteiger partial charge in [0.15, 0.2) is 5.78 Å². The minimum absolute atomic E-state index is 0.0340. The van der Waals surface area contributed by atoms with Crippen molar-refractivity contribution in [3.8, 4) is 0 Å². The Bertz CT molecular complexity index is 458. The predicted molar refractivity (Wildman–Crippen MR) is 71.8 cm³/mol. The van der Waals surface area contributed by atoms with E-state index in [0.29, 0.717) is 18.0 Å². The number of anilines is 1.